The van der Waals surface area contributed by atoms with E-state index in [1.54, 1.807) is 30.5 Å². The molecule has 0 unspecified atom stereocenters. The van der Waals surface area contributed by atoms with Gasteiger partial charge in [0.1, 0.15) is 0 Å². The number of halogens is 1. The van der Waals surface area contributed by atoms with Gasteiger partial charge in [-0.2, -0.15) is 0 Å². The van der Waals surface area contributed by atoms with Crippen molar-refractivity contribution in [3.8, 4) is 0 Å². The van der Waals surface area contributed by atoms with Gasteiger partial charge in [-0.15, -0.1) is 0 Å². The second-order valence-electron chi connectivity index (χ2n) is 3.71. The lowest BCUT2D eigenvalue weighted by atomic mass is 10.1. The van der Waals surface area contributed by atoms with Gasteiger partial charge in [0.05, 0.1) is 0 Å². The van der Waals surface area contributed by atoms with Gasteiger partial charge in [0.15, 0.2) is 5.78 Å². The zero-order valence-corrected chi connectivity index (χ0v) is 10.4. The van der Waals surface area contributed by atoms with Crippen LogP contribution < -0.4 is 5.32 Å². The summed E-state index contributed by atoms with van der Waals surface area (Å²) >= 11 is 5.76. The number of carbonyl (C=O) groups is 1. The fourth-order valence-corrected chi connectivity index (χ4v) is 1.58. The molecule has 2 rings (SSSR count). The first kappa shape index (κ1) is 12.4. The van der Waals surface area contributed by atoms with Crippen LogP contribution in [0.2, 0.25) is 5.02 Å². The van der Waals surface area contributed by atoms with E-state index in [4.69, 9.17) is 11.6 Å². The van der Waals surface area contributed by atoms with Crippen molar-refractivity contribution >= 4 is 23.1 Å². The smallest absolute Gasteiger partial charge is 0.187 e. The van der Waals surface area contributed by atoms with Crippen molar-refractivity contribution in [2.45, 2.75) is 0 Å². The Morgan fingerprint density at radius 2 is 1.67 bits per heavy atom. The molecule has 2 aromatic rings. The fraction of sp³-hybridized carbons (Fsp3) is 0. The Morgan fingerprint density at radius 1 is 1.00 bits per heavy atom. The van der Waals surface area contributed by atoms with E-state index >= 15 is 0 Å². The van der Waals surface area contributed by atoms with Gasteiger partial charge in [0, 0.05) is 28.5 Å². The topological polar surface area (TPSA) is 29.1 Å². The quantitative estimate of drug-likeness (QED) is 0.659. The summed E-state index contributed by atoms with van der Waals surface area (Å²) in [4.78, 5) is 11.8. The van der Waals surface area contributed by atoms with Crippen LogP contribution in [0.15, 0.2) is 66.9 Å². The van der Waals surface area contributed by atoms with Crippen LogP contribution in [0.25, 0.3) is 0 Å². The minimum atomic E-state index is -0.0601. The third kappa shape index (κ3) is 3.47. The van der Waals surface area contributed by atoms with Gasteiger partial charge in [-0.25, -0.2) is 0 Å². The summed E-state index contributed by atoms with van der Waals surface area (Å²) in [7, 11) is 0. The van der Waals surface area contributed by atoms with Crippen LogP contribution in [0.5, 0.6) is 0 Å². The van der Waals surface area contributed by atoms with Gasteiger partial charge >= 0.3 is 0 Å². The lowest BCUT2D eigenvalue weighted by Gasteiger charge is -1.99. The minimum absolute atomic E-state index is 0.0601. The number of hydrogen-bond acceptors (Lipinski definition) is 2. The summed E-state index contributed by atoms with van der Waals surface area (Å²) in [5.41, 5.74) is 1.56. The summed E-state index contributed by atoms with van der Waals surface area (Å²) in [6.07, 6.45) is 3.13. The molecule has 0 aliphatic heterocycles. The maximum Gasteiger partial charge on any atom is 0.187 e. The van der Waals surface area contributed by atoms with E-state index in [2.05, 4.69) is 5.32 Å². The third-order valence-corrected chi connectivity index (χ3v) is 2.64. The minimum Gasteiger partial charge on any atom is -0.362 e. The van der Waals surface area contributed by atoms with E-state index in [0.717, 1.165) is 5.69 Å². The van der Waals surface area contributed by atoms with E-state index in [0.29, 0.717) is 10.6 Å². The number of nitrogens with one attached hydrogen (secondary N) is 1. The Hall–Kier alpha value is -2.06. The molecule has 0 aromatic heterocycles. The molecule has 0 aliphatic rings. The average molecular weight is 258 g/mol. The summed E-state index contributed by atoms with van der Waals surface area (Å²) in [5.74, 6) is -0.0601. The standard InChI is InChI=1S/C15H12ClNO/c16-13-8-6-12(7-9-13)15(18)10-11-17-14-4-2-1-3-5-14/h1-11,17H/b11-10-. The molecule has 90 valence electrons. The number of anilines is 1. The predicted molar refractivity (Wildman–Crippen MR) is 75.0 cm³/mol. The number of ketones is 1. The summed E-state index contributed by atoms with van der Waals surface area (Å²) in [6, 6.07) is 16.5. The van der Waals surface area contributed by atoms with Crippen LogP contribution in [0.3, 0.4) is 0 Å². The van der Waals surface area contributed by atoms with Crippen molar-refractivity contribution in [3.63, 3.8) is 0 Å². The summed E-state index contributed by atoms with van der Waals surface area (Å²) in [6.45, 7) is 0. The molecule has 0 radical (unpaired) electrons. The summed E-state index contributed by atoms with van der Waals surface area (Å²) < 4.78 is 0. The highest BCUT2D eigenvalue weighted by atomic mass is 35.5. The van der Waals surface area contributed by atoms with Crippen LogP contribution >= 0.6 is 11.6 Å². The Bertz CT molecular complexity index is 546. The van der Waals surface area contributed by atoms with Gasteiger partial charge in [0.2, 0.25) is 0 Å². The molecule has 2 nitrogen and oxygen atoms in total. The van der Waals surface area contributed by atoms with Crippen LogP contribution in [0.4, 0.5) is 5.69 Å². The van der Waals surface area contributed by atoms with Crippen molar-refractivity contribution < 1.29 is 4.79 Å². The molecule has 0 spiro atoms. The molecule has 2 aromatic carbocycles. The van der Waals surface area contributed by atoms with Crippen LogP contribution in [-0.2, 0) is 0 Å². The van der Waals surface area contributed by atoms with Crippen LogP contribution in [0, 0.1) is 0 Å². The molecule has 0 aliphatic carbocycles. The van der Waals surface area contributed by atoms with Gasteiger partial charge in [0.25, 0.3) is 0 Å². The maximum atomic E-state index is 11.8. The van der Waals surface area contributed by atoms with Gasteiger partial charge in [-0.3, -0.25) is 4.79 Å². The lowest BCUT2D eigenvalue weighted by Crippen LogP contribution is -1.95. The highest BCUT2D eigenvalue weighted by Crippen LogP contribution is 2.10. The molecular formula is C15H12ClNO. The number of hydrogen-bond donors (Lipinski definition) is 1. The third-order valence-electron chi connectivity index (χ3n) is 2.39. The monoisotopic (exact) mass is 257 g/mol. The van der Waals surface area contributed by atoms with Gasteiger partial charge in [-0.05, 0) is 36.4 Å². The molecule has 0 saturated carbocycles. The molecule has 0 amide bonds. The number of carbonyl (C=O) groups excluding carboxylic acids is 1. The van der Waals surface area contributed by atoms with Crippen LogP contribution in [-0.4, -0.2) is 5.78 Å². The first-order valence-electron chi connectivity index (χ1n) is 5.54. The molecule has 0 fully saturated rings. The molecule has 18 heavy (non-hydrogen) atoms. The molecule has 0 heterocycles. The molecule has 1 N–H and O–H groups in total. The van der Waals surface area contributed by atoms with Crippen molar-refractivity contribution in [1.82, 2.24) is 0 Å². The van der Waals surface area contributed by atoms with E-state index < -0.39 is 0 Å². The largest absolute Gasteiger partial charge is 0.362 e. The lowest BCUT2D eigenvalue weighted by molar-refractivity contribution is 0.104. The molecular weight excluding hydrogens is 246 g/mol. The van der Waals surface area contributed by atoms with Crippen molar-refractivity contribution in [2.24, 2.45) is 0 Å². The second kappa shape index (κ2) is 6.03. The normalized spacial score (nSPS) is 10.5. The highest BCUT2D eigenvalue weighted by Gasteiger charge is 2.00. The summed E-state index contributed by atoms with van der Waals surface area (Å²) in [5, 5.41) is 3.65. The highest BCUT2D eigenvalue weighted by molar-refractivity contribution is 6.30. The molecule has 3 heteroatoms. The Kier molecular flexibility index (Phi) is 4.15. The van der Waals surface area contributed by atoms with Crippen molar-refractivity contribution in [1.29, 1.82) is 0 Å². The first-order chi connectivity index (χ1) is 8.75. The zero-order valence-electron chi connectivity index (χ0n) is 9.64. The number of allylic oxidation sites excluding steroid dienone is 1. The van der Waals surface area contributed by atoms with Crippen molar-refractivity contribution in [3.05, 3.63) is 77.5 Å². The van der Waals surface area contributed by atoms with E-state index in [9.17, 15) is 4.79 Å². The van der Waals surface area contributed by atoms with Crippen LogP contribution in [0.1, 0.15) is 10.4 Å². The van der Waals surface area contributed by atoms with Crippen molar-refractivity contribution in [2.75, 3.05) is 5.32 Å². The number of benzene rings is 2. The number of para-hydroxylation sites is 1. The first-order valence-corrected chi connectivity index (χ1v) is 5.91. The second-order valence-corrected chi connectivity index (χ2v) is 4.15. The van der Waals surface area contributed by atoms with E-state index in [1.807, 2.05) is 30.3 Å². The maximum absolute atomic E-state index is 11.8. The fourth-order valence-electron chi connectivity index (χ4n) is 1.46. The molecule has 0 atom stereocenters. The predicted octanol–water partition coefficient (Wildman–Crippen LogP) is 4.15. The average Bonchev–Trinajstić information content (AvgIpc) is 2.40. The van der Waals surface area contributed by atoms with Gasteiger partial charge < -0.3 is 5.32 Å². The molecule has 0 saturated heterocycles. The van der Waals surface area contributed by atoms with Gasteiger partial charge in [-0.1, -0.05) is 29.8 Å². The van der Waals surface area contributed by atoms with E-state index in [1.165, 1.54) is 6.08 Å². The zero-order chi connectivity index (χ0) is 12.8. The number of rotatable bonds is 4. The molecule has 0 bridgehead atoms. The Morgan fingerprint density at radius 3 is 2.33 bits per heavy atom. The Labute approximate surface area is 111 Å². The SMILES string of the molecule is O=C(/C=C\Nc1ccccc1)c1ccc(Cl)cc1. The Balaban J connectivity index is 1.97. The van der Waals surface area contributed by atoms with E-state index in [-0.39, 0.29) is 5.78 Å².